The van der Waals surface area contributed by atoms with E-state index in [4.69, 9.17) is 4.42 Å². The second kappa shape index (κ2) is 6.23. The molecule has 0 aliphatic rings. The summed E-state index contributed by atoms with van der Waals surface area (Å²) >= 11 is 1.51. The van der Waals surface area contributed by atoms with E-state index in [-0.39, 0.29) is 12.6 Å². The third-order valence-electron chi connectivity index (χ3n) is 2.39. The maximum Gasteiger partial charge on any atom is 0.315 e. The molecule has 0 aromatic carbocycles. The van der Waals surface area contributed by atoms with Crippen LogP contribution in [0.15, 0.2) is 39.6 Å². The third kappa shape index (κ3) is 3.61. The van der Waals surface area contributed by atoms with Gasteiger partial charge in [0.25, 0.3) is 0 Å². The summed E-state index contributed by atoms with van der Waals surface area (Å²) < 4.78 is 5.08. The van der Waals surface area contributed by atoms with E-state index in [0.29, 0.717) is 12.3 Å². The minimum absolute atomic E-state index is 0.181. The van der Waals surface area contributed by atoms with Crippen LogP contribution < -0.4 is 10.6 Å². The van der Waals surface area contributed by atoms with Gasteiger partial charge < -0.3 is 20.2 Å². The molecule has 0 fully saturated rings. The Kier molecular flexibility index (Phi) is 4.38. The van der Waals surface area contributed by atoms with E-state index in [2.05, 4.69) is 10.6 Å². The summed E-state index contributed by atoms with van der Waals surface area (Å²) in [4.78, 5) is 11.4. The second-order valence-corrected chi connectivity index (χ2v) is 4.50. The lowest BCUT2D eigenvalue weighted by atomic mass is 10.2. The number of aliphatic hydroxyl groups excluding tert-OH is 1. The number of nitrogens with one attached hydrogen (secondary N) is 2. The highest BCUT2D eigenvalue weighted by Crippen LogP contribution is 2.14. The Hall–Kier alpha value is -1.79. The van der Waals surface area contributed by atoms with Crippen molar-refractivity contribution in [2.24, 2.45) is 0 Å². The number of furan rings is 1. The maximum atomic E-state index is 11.4. The van der Waals surface area contributed by atoms with Crippen LogP contribution in [-0.2, 0) is 6.54 Å². The molecule has 6 heteroatoms. The Labute approximate surface area is 108 Å². The number of carbonyl (C=O) groups excluding carboxylic acids is 1. The van der Waals surface area contributed by atoms with Crippen LogP contribution in [0.2, 0.25) is 0 Å². The number of thiophene rings is 1. The van der Waals surface area contributed by atoms with Gasteiger partial charge in [0.1, 0.15) is 5.76 Å². The monoisotopic (exact) mass is 266 g/mol. The summed E-state index contributed by atoms with van der Waals surface area (Å²) in [5, 5.41) is 18.7. The minimum atomic E-state index is -0.675. The van der Waals surface area contributed by atoms with Crippen LogP contribution in [0.4, 0.5) is 4.79 Å². The summed E-state index contributed by atoms with van der Waals surface area (Å²) in [6.45, 7) is 0.508. The second-order valence-electron chi connectivity index (χ2n) is 3.72. The van der Waals surface area contributed by atoms with Gasteiger partial charge in [0, 0.05) is 6.54 Å². The van der Waals surface area contributed by atoms with E-state index < -0.39 is 6.10 Å². The van der Waals surface area contributed by atoms with Gasteiger partial charge in [0.2, 0.25) is 0 Å². The summed E-state index contributed by atoms with van der Waals surface area (Å²) in [5.74, 6) is 0.684. The average molecular weight is 266 g/mol. The van der Waals surface area contributed by atoms with Crippen molar-refractivity contribution in [3.8, 4) is 0 Å². The zero-order valence-electron chi connectivity index (χ0n) is 9.63. The van der Waals surface area contributed by atoms with E-state index in [0.717, 1.165) is 5.56 Å². The Morgan fingerprint density at radius 2 is 2.33 bits per heavy atom. The van der Waals surface area contributed by atoms with Gasteiger partial charge in [-0.3, -0.25) is 0 Å². The number of carbonyl (C=O) groups is 1. The molecule has 2 amide bonds. The van der Waals surface area contributed by atoms with Crippen LogP contribution in [0.1, 0.15) is 17.4 Å². The molecule has 1 unspecified atom stereocenters. The number of urea groups is 1. The summed E-state index contributed by atoms with van der Waals surface area (Å²) in [5.41, 5.74) is 0.811. The molecule has 2 rings (SSSR count). The van der Waals surface area contributed by atoms with Crippen LogP contribution in [0.25, 0.3) is 0 Å². The van der Waals surface area contributed by atoms with Crippen molar-refractivity contribution >= 4 is 17.4 Å². The Balaban J connectivity index is 1.68. The number of aliphatic hydroxyl groups is 1. The molecule has 2 aromatic heterocycles. The Morgan fingerprint density at radius 3 is 3.00 bits per heavy atom. The SMILES string of the molecule is O=C(NCc1ccco1)NCC(O)c1ccsc1. The van der Waals surface area contributed by atoms with Crippen LogP contribution in [-0.4, -0.2) is 17.7 Å². The molecule has 0 saturated heterocycles. The first-order valence-electron chi connectivity index (χ1n) is 5.50. The molecule has 96 valence electrons. The van der Waals surface area contributed by atoms with Crippen molar-refractivity contribution in [3.63, 3.8) is 0 Å². The molecule has 0 aliphatic carbocycles. The summed E-state index contributed by atoms with van der Waals surface area (Å²) in [6.07, 6.45) is 0.875. The topological polar surface area (TPSA) is 74.5 Å². The van der Waals surface area contributed by atoms with Gasteiger partial charge in [0.15, 0.2) is 0 Å². The van der Waals surface area contributed by atoms with E-state index in [1.165, 1.54) is 11.3 Å². The summed E-state index contributed by atoms with van der Waals surface area (Å²) in [6, 6.07) is 5.04. The van der Waals surface area contributed by atoms with E-state index >= 15 is 0 Å². The van der Waals surface area contributed by atoms with Gasteiger partial charge in [-0.25, -0.2) is 4.79 Å². The van der Waals surface area contributed by atoms with Crippen molar-refractivity contribution in [1.29, 1.82) is 0 Å². The third-order valence-corrected chi connectivity index (χ3v) is 3.09. The van der Waals surface area contributed by atoms with Crippen LogP contribution in [0, 0.1) is 0 Å². The largest absolute Gasteiger partial charge is 0.467 e. The normalized spacial score (nSPS) is 12.1. The molecule has 0 spiro atoms. The molecule has 0 saturated carbocycles. The van der Waals surface area contributed by atoms with Crippen molar-refractivity contribution in [2.45, 2.75) is 12.6 Å². The highest BCUT2D eigenvalue weighted by Gasteiger charge is 2.09. The fraction of sp³-hybridized carbons (Fsp3) is 0.250. The standard InChI is InChI=1S/C12H14N2O3S/c15-11(9-3-5-18-8-9)7-14-12(16)13-6-10-2-1-4-17-10/h1-5,8,11,15H,6-7H2,(H2,13,14,16). The quantitative estimate of drug-likeness (QED) is 0.773. The lowest BCUT2D eigenvalue weighted by molar-refractivity contribution is 0.173. The predicted octanol–water partition coefficient (Wildman–Crippen LogP) is 1.87. The molecule has 3 N–H and O–H groups in total. The van der Waals surface area contributed by atoms with Crippen LogP contribution in [0.5, 0.6) is 0 Å². The Bertz CT molecular complexity index is 467. The average Bonchev–Trinajstić information content (AvgIpc) is 3.05. The molecule has 5 nitrogen and oxygen atoms in total. The highest BCUT2D eigenvalue weighted by molar-refractivity contribution is 7.07. The molecule has 18 heavy (non-hydrogen) atoms. The van der Waals surface area contributed by atoms with Gasteiger partial charge in [-0.05, 0) is 34.5 Å². The molecular formula is C12H14N2O3S. The van der Waals surface area contributed by atoms with Gasteiger partial charge in [0.05, 0.1) is 18.9 Å². The first-order chi connectivity index (χ1) is 8.75. The van der Waals surface area contributed by atoms with Crippen LogP contribution >= 0.6 is 11.3 Å². The number of hydrogen-bond donors (Lipinski definition) is 3. The predicted molar refractivity (Wildman–Crippen MR) is 68.2 cm³/mol. The molecule has 0 bridgehead atoms. The smallest absolute Gasteiger partial charge is 0.315 e. The lowest BCUT2D eigenvalue weighted by Gasteiger charge is -2.10. The first-order valence-corrected chi connectivity index (χ1v) is 6.44. The number of rotatable bonds is 5. The van der Waals surface area contributed by atoms with E-state index in [9.17, 15) is 9.90 Å². The molecule has 2 heterocycles. The zero-order valence-corrected chi connectivity index (χ0v) is 10.4. The van der Waals surface area contributed by atoms with Crippen molar-refractivity contribution in [2.75, 3.05) is 6.54 Å². The molecular weight excluding hydrogens is 252 g/mol. The molecule has 1 atom stereocenters. The zero-order chi connectivity index (χ0) is 12.8. The van der Waals surface area contributed by atoms with Gasteiger partial charge >= 0.3 is 6.03 Å². The minimum Gasteiger partial charge on any atom is -0.467 e. The van der Waals surface area contributed by atoms with Crippen LogP contribution in [0.3, 0.4) is 0 Å². The fourth-order valence-electron chi connectivity index (χ4n) is 1.41. The summed E-state index contributed by atoms with van der Waals surface area (Å²) in [7, 11) is 0. The van der Waals surface area contributed by atoms with Crippen molar-refractivity contribution < 1.29 is 14.3 Å². The lowest BCUT2D eigenvalue weighted by Crippen LogP contribution is -2.37. The van der Waals surface area contributed by atoms with E-state index in [1.54, 1.807) is 18.4 Å². The first kappa shape index (κ1) is 12.7. The van der Waals surface area contributed by atoms with Gasteiger partial charge in [-0.1, -0.05) is 0 Å². The molecule has 0 radical (unpaired) electrons. The van der Waals surface area contributed by atoms with Crippen molar-refractivity contribution in [1.82, 2.24) is 10.6 Å². The maximum absolute atomic E-state index is 11.4. The molecule has 0 aliphatic heterocycles. The number of hydrogen-bond acceptors (Lipinski definition) is 4. The highest BCUT2D eigenvalue weighted by atomic mass is 32.1. The van der Waals surface area contributed by atoms with E-state index in [1.807, 2.05) is 16.8 Å². The van der Waals surface area contributed by atoms with Crippen molar-refractivity contribution in [3.05, 3.63) is 46.5 Å². The van der Waals surface area contributed by atoms with Gasteiger partial charge in [-0.15, -0.1) is 0 Å². The molecule has 2 aromatic rings. The number of amides is 2. The van der Waals surface area contributed by atoms with Gasteiger partial charge in [-0.2, -0.15) is 11.3 Å². The fourth-order valence-corrected chi connectivity index (χ4v) is 2.12. The Morgan fingerprint density at radius 1 is 1.44 bits per heavy atom.